The summed E-state index contributed by atoms with van der Waals surface area (Å²) in [5.74, 6) is 2.19. The van der Waals surface area contributed by atoms with Crippen molar-refractivity contribution in [3.63, 3.8) is 0 Å². The fraction of sp³-hybridized carbons (Fsp3) is 0.435. The van der Waals surface area contributed by atoms with Crippen molar-refractivity contribution in [3.8, 4) is 11.5 Å². The van der Waals surface area contributed by atoms with Crippen molar-refractivity contribution >= 4 is 29.9 Å². The lowest BCUT2D eigenvalue weighted by atomic mass is 10.1. The van der Waals surface area contributed by atoms with Crippen LogP contribution < -0.4 is 20.1 Å². The molecule has 7 heteroatoms. The maximum atomic E-state index is 10.5. The second-order valence-corrected chi connectivity index (χ2v) is 7.69. The van der Waals surface area contributed by atoms with E-state index >= 15 is 0 Å². The van der Waals surface area contributed by atoms with Gasteiger partial charge < -0.3 is 25.2 Å². The molecule has 6 nitrogen and oxygen atoms in total. The smallest absolute Gasteiger partial charge is 0.191 e. The summed E-state index contributed by atoms with van der Waals surface area (Å²) >= 11 is 0. The van der Waals surface area contributed by atoms with E-state index in [1.807, 2.05) is 76.2 Å². The Kier molecular flexibility index (Phi) is 11.0. The lowest BCUT2D eigenvalue weighted by Gasteiger charge is -2.23. The predicted octanol–water partition coefficient (Wildman–Crippen LogP) is 4.28. The molecular weight excluding hydrogens is 493 g/mol. The molecule has 0 bridgehead atoms. The number of nitrogens with one attached hydrogen (secondary N) is 2. The Bertz CT molecular complexity index is 806. The molecule has 2 aromatic carbocycles. The van der Waals surface area contributed by atoms with E-state index in [0.29, 0.717) is 19.0 Å². The van der Waals surface area contributed by atoms with Gasteiger partial charge in [-0.15, -0.1) is 24.0 Å². The van der Waals surface area contributed by atoms with Gasteiger partial charge in [0.1, 0.15) is 17.1 Å². The third kappa shape index (κ3) is 8.79. The molecule has 1 unspecified atom stereocenters. The molecule has 0 radical (unpaired) electrons. The quantitative estimate of drug-likeness (QED) is 0.272. The minimum atomic E-state index is -0.675. The van der Waals surface area contributed by atoms with E-state index in [9.17, 15) is 5.11 Å². The van der Waals surface area contributed by atoms with Crippen molar-refractivity contribution in [1.29, 1.82) is 0 Å². The monoisotopic (exact) mass is 527 g/mol. The van der Waals surface area contributed by atoms with E-state index in [1.165, 1.54) is 0 Å². The van der Waals surface area contributed by atoms with Crippen LogP contribution in [0.25, 0.3) is 0 Å². The molecule has 0 saturated carbocycles. The molecule has 0 spiro atoms. The number of hydrogen-bond donors (Lipinski definition) is 3. The van der Waals surface area contributed by atoms with E-state index < -0.39 is 6.10 Å². The van der Waals surface area contributed by atoms with Crippen LogP contribution in [0, 0.1) is 0 Å². The number of halogens is 1. The molecule has 1 atom stereocenters. The number of rotatable bonds is 8. The Morgan fingerprint density at radius 2 is 1.83 bits per heavy atom. The third-order valence-corrected chi connectivity index (χ3v) is 4.08. The first-order valence-corrected chi connectivity index (χ1v) is 9.93. The van der Waals surface area contributed by atoms with Gasteiger partial charge in [0.25, 0.3) is 0 Å². The number of aliphatic imine (C=N–C) groups is 1. The molecule has 0 amide bonds. The summed E-state index contributed by atoms with van der Waals surface area (Å²) in [6.07, 6.45) is -0.675. The highest BCUT2D eigenvalue weighted by molar-refractivity contribution is 14.0. The van der Waals surface area contributed by atoms with Gasteiger partial charge in [-0.2, -0.15) is 0 Å². The molecule has 0 aliphatic rings. The summed E-state index contributed by atoms with van der Waals surface area (Å²) in [7, 11) is 1.61. The van der Waals surface area contributed by atoms with Crippen LogP contribution in [0.15, 0.2) is 53.5 Å². The maximum Gasteiger partial charge on any atom is 0.191 e. The molecule has 0 heterocycles. The van der Waals surface area contributed by atoms with Crippen molar-refractivity contribution in [2.24, 2.45) is 4.99 Å². The lowest BCUT2D eigenvalue weighted by molar-refractivity contribution is 0.129. The van der Waals surface area contributed by atoms with Crippen LogP contribution in [0.5, 0.6) is 11.5 Å². The number of ether oxygens (including phenoxy) is 2. The molecule has 2 rings (SSSR count). The van der Waals surface area contributed by atoms with E-state index in [-0.39, 0.29) is 29.6 Å². The van der Waals surface area contributed by atoms with Crippen LogP contribution in [0.1, 0.15) is 44.9 Å². The number of methoxy groups -OCH3 is 1. The molecule has 166 valence electrons. The summed E-state index contributed by atoms with van der Waals surface area (Å²) in [5.41, 5.74) is 1.52. The average Bonchev–Trinajstić information content (AvgIpc) is 2.69. The zero-order valence-electron chi connectivity index (χ0n) is 18.4. The first-order chi connectivity index (χ1) is 13.8. The third-order valence-electron chi connectivity index (χ3n) is 4.08. The van der Waals surface area contributed by atoms with Gasteiger partial charge in [0.05, 0.1) is 19.8 Å². The van der Waals surface area contributed by atoms with Crippen LogP contribution in [0.3, 0.4) is 0 Å². The van der Waals surface area contributed by atoms with Crippen LogP contribution in [0.4, 0.5) is 0 Å². The van der Waals surface area contributed by atoms with Crippen LogP contribution in [-0.4, -0.2) is 36.9 Å². The summed E-state index contributed by atoms with van der Waals surface area (Å²) in [6, 6.07) is 15.3. The van der Waals surface area contributed by atoms with Gasteiger partial charge in [0.15, 0.2) is 5.96 Å². The lowest BCUT2D eigenvalue weighted by Crippen LogP contribution is -2.39. The van der Waals surface area contributed by atoms with Gasteiger partial charge in [-0.3, -0.25) is 0 Å². The largest absolute Gasteiger partial charge is 0.497 e. The Balaban J connectivity index is 0.00000450. The topological polar surface area (TPSA) is 75.1 Å². The van der Waals surface area contributed by atoms with Crippen molar-refractivity contribution < 1.29 is 14.6 Å². The zero-order valence-corrected chi connectivity index (χ0v) is 20.8. The Labute approximate surface area is 197 Å². The van der Waals surface area contributed by atoms with E-state index in [1.54, 1.807) is 7.11 Å². The maximum absolute atomic E-state index is 10.5. The Morgan fingerprint density at radius 1 is 1.10 bits per heavy atom. The first-order valence-electron chi connectivity index (χ1n) is 9.93. The van der Waals surface area contributed by atoms with Crippen LogP contribution in [0.2, 0.25) is 0 Å². The highest BCUT2D eigenvalue weighted by atomic mass is 127. The van der Waals surface area contributed by atoms with E-state index in [0.717, 1.165) is 29.2 Å². The number of benzene rings is 2. The molecular formula is C23H34IN3O3. The molecule has 30 heavy (non-hydrogen) atoms. The van der Waals surface area contributed by atoms with Crippen molar-refractivity contribution in [2.45, 2.75) is 45.9 Å². The second-order valence-electron chi connectivity index (χ2n) is 7.69. The second kappa shape index (κ2) is 12.6. The van der Waals surface area contributed by atoms with Gasteiger partial charge in [-0.25, -0.2) is 4.99 Å². The summed E-state index contributed by atoms with van der Waals surface area (Å²) in [5, 5.41) is 16.9. The average molecular weight is 527 g/mol. The number of hydrogen-bond acceptors (Lipinski definition) is 4. The van der Waals surface area contributed by atoms with Crippen LogP contribution >= 0.6 is 24.0 Å². The summed E-state index contributed by atoms with van der Waals surface area (Å²) in [6.45, 7) is 9.61. The standard InChI is InChI=1S/C23H33N3O3.HI/c1-6-24-22(26-16-20(27)17-11-9-12-19(14-17)28-5)25-15-18-10-7-8-13-21(18)29-23(2,3)4;/h7-14,20,27H,6,15-16H2,1-5H3,(H2,24,25,26);1H. The Morgan fingerprint density at radius 3 is 2.50 bits per heavy atom. The van der Waals surface area contributed by atoms with E-state index in [4.69, 9.17) is 9.47 Å². The van der Waals surface area contributed by atoms with Crippen molar-refractivity contribution in [2.75, 3.05) is 20.2 Å². The fourth-order valence-corrected chi connectivity index (χ4v) is 2.73. The molecule has 0 fully saturated rings. The molecule has 0 aromatic heterocycles. The van der Waals surface area contributed by atoms with Gasteiger partial charge >= 0.3 is 0 Å². The van der Waals surface area contributed by atoms with Gasteiger partial charge in [-0.1, -0.05) is 30.3 Å². The molecule has 0 saturated heterocycles. The molecule has 0 aliphatic carbocycles. The Hall–Kier alpha value is -2.00. The normalized spacial score (nSPS) is 12.5. The highest BCUT2D eigenvalue weighted by Gasteiger charge is 2.14. The molecule has 3 N–H and O–H groups in total. The fourth-order valence-electron chi connectivity index (χ4n) is 2.73. The molecule has 0 aliphatic heterocycles. The number of aliphatic hydroxyl groups is 1. The summed E-state index contributed by atoms with van der Waals surface area (Å²) < 4.78 is 11.3. The number of aliphatic hydroxyl groups excluding tert-OH is 1. The van der Waals surface area contributed by atoms with Gasteiger partial charge in [0, 0.05) is 18.7 Å². The summed E-state index contributed by atoms with van der Waals surface area (Å²) in [4.78, 5) is 4.65. The predicted molar refractivity (Wildman–Crippen MR) is 133 cm³/mol. The van der Waals surface area contributed by atoms with Crippen molar-refractivity contribution in [1.82, 2.24) is 10.6 Å². The zero-order chi connectivity index (χ0) is 21.3. The highest BCUT2D eigenvalue weighted by Crippen LogP contribution is 2.23. The number of guanidine groups is 1. The van der Waals surface area contributed by atoms with Gasteiger partial charge in [0.2, 0.25) is 0 Å². The first kappa shape index (κ1) is 26.0. The van der Waals surface area contributed by atoms with Crippen LogP contribution in [-0.2, 0) is 6.54 Å². The van der Waals surface area contributed by atoms with Gasteiger partial charge in [-0.05, 0) is 51.5 Å². The number of para-hydroxylation sites is 1. The minimum Gasteiger partial charge on any atom is -0.497 e. The van der Waals surface area contributed by atoms with Crippen molar-refractivity contribution in [3.05, 3.63) is 59.7 Å². The minimum absolute atomic E-state index is 0. The SMILES string of the molecule is CCNC(=NCc1ccccc1OC(C)(C)C)NCC(O)c1cccc(OC)c1.I. The molecule has 2 aromatic rings. The van der Waals surface area contributed by atoms with E-state index in [2.05, 4.69) is 15.6 Å². The number of nitrogens with zero attached hydrogens (tertiary/aromatic N) is 1.